The van der Waals surface area contributed by atoms with Gasteiger partial charge in [-0.15, -0.1) is 0 Å². The predicted octanol–water partition coefficient (Wildman–Crippen LogP) is 2.11. The van der Waals surface area contributed by atoms with Gasteiger partial charge in [-0.3, -0.25) is 4.57 Å². The molecule has 0 aromatic heterocycles. The molecular weight excluding hydrogens is 271 g/mol. The van der Waals surface area contributed by atoms with Crippen molar-refractivity contribution in [2.75, 3.05) is 32.4 Å². The van der Waals surface area contributed by atoms with Crippen molar-refractivity contribution >= 4 is 16.1 Å². The second kappa shape index (κ2) is 5.61. The zero-order valence-electron chi connectivity index (χ0n) is 11.0. The topological polar surface area (TPSA) is 57.7 Å². The molecule has 0 radical (unpaired) electrons. The molecule has 106 valence electrons. The predicted molar refractivity (Wildman–Crippen MR) is 73.3 cm³/mol. The fourth-order valence-corrected chi connectivity index (χ4v) is 9.13. The Morgan fingerprint density at radius 1 is 0.778 bits per heavy atom. The Morgan fingerprint density at radius 3 is 1.39 bits per heavy atom. The van der Waals surface area contributed by atoms with Crippen LogP contribution in [0.4, 0.5) is 0 Å². The summed E-state index contributed by atoms with van der Waals surface area (Å²) >= 11 is 0. The van der Waals surface area contributed by atoms with E-state index in [1.54, 1.807) is 9.34 Å². The van der Waals surface area contributed by atoms with Crippen LogP contribution in [-0.2, 0) is 14.0 Å². The Bertz CT molecular complexity index is 404. The van der Waals surface area contributed by atoms with Gasteiger partial charge in [0.2, 0.25) is 9.46 Å². The van der Waals surface area contributed by atoms with Crippen molar-refractivity contribution < 1.29 is 13.0 Å². The Kier molecular flexibility index (Phi) is 4.52. The van der Waals surface area contributed by atoms with Gasteiger partial charge in [0.15, 0.2) is 0 Å². The summed E-state index contributed by atoms with van der Waals surface area (Å²) in [6.45, 7) is -0.801. The molecule has 0 atom stereocenters. The summed E-state index contributed by atoms with van der Waals surface area (Å²) in [6, 6.07) is 0. The molecule has 0 saturated carbocycles. The third-order valence-corrected chi connectivity index (χ3v) is 10.9. The highest BCUT2D eigenvalue weighted by Gasteiger charge is 2.46. The minimum Gasteiger partial charge on any atom is -0.271 e. The van der Waals surface area contributed by atoms with E-state index < -0.39 is 16.1 Å². The average molecular weight is 294 g/mol. The van der Waals surface area contributed by atoms with Crippen LogP contribution in [0.25, 0.3) is 0 Å². The number of rotatable bonds is 3. The largest absolute Gasteiger partial charge is 0.327 e. The van der Waals surface area contributed by atoms with Crippen LogP contribution in [0, 0.1) is 0 Å². The van der Waals surface area contributed by atoms with Gasteiger partial charge in [0.05, 0.1) is 0 Å². The molecule has 7 heteroatoms. The molecule has 0 bridgehead atoms. The van der Waals surface area contributed by atoms with Crippen molar-refractivity contribution in [2.24, 2.45) is 0 Å². The van der Waals surface area contributed by atoms with E-state index in [4.69, 9.17) is 0 Å². The number of piperidine rings is 2. The van der Waals surface area contributed by atoms with Crippen LogP contribution in [-0.4, -0.2) is 50.2 Å². The highest BCUT2D eigenvalue weighted by molar-refractivity contribution is 8.50. The lowest BCUT2D eigenvalue weighted by Gasteiger charge is -2.40. The van der Waals surface area contributed by atoms with Crippen molar-refractivity contribution in [1.29, 1.82) is 0 Å². The molecule has 2 saturated heterocycles. The molecule has 2 aliphatic heterocycles. The van der Waals surface area contributed by atoms with Crippen LogP contribution < -0.4 is 0 Å². The van der Waals surface area contributed by atoms with Gasteiger partial charge in [-0.1, -0.05) is 12.8 Å². The molecule has 2 aliphatic rings. The van der Waals surface area contributed by atoms with Gasteiger partial charge in [-0.2, -0.15) is 0 Å². The Balaban J connectivity index is 2.30. The van der Waals surface area contributed by atoms with Crippen molar-refractivity contribution in [3.8, 4) is 0 Å². The normalized spacial score (nSPS) is 25.2. The molecule has 0 spiro atoms. The third kappa shape index (κ3) is 2.67. The van der Waals surface area contributed by atoms with Crippen molar-refractivity contribution in [2.45, 2.75) is 38.5 Å². The molecule has 2 heterocycles. The summed E-state index contributed by atoms with van der Waals surface area (Å²) in [7, 11) is -3.56. The third-order valence-electron chi connectivity index (χ3n) is 3.81. The second-order valence-electron chi connectivity index (χ2n) is 5.25. The maximum absolute atomic E-state index is 13.2. The highest BCUT2D eigenvalue weighted by atomic mass is 32.8. The lowest BCUT2D eigenvalue weighted by atomic mass is 10.2. The molecule has 2 fully saturated rings. The van der Waals surface area contributed by atoms with Crippen LogP contribution in [0.15, 0.2) is 0 Å². The monoisotopic (exact) mass is 294 g/mol. The Hall–Kier alpha value is 0.1000. The van der Waals surface area contributed by atoms with Crippen molar-refractivity contribution in [3.63, 3.8) is 0 Å². The van der Waals surface area contributed by atoms with Gasteiger partial charge in [-0.25, -0.2) is 17.8 Å². The maximum Gasteiger partial charge on any atom is 0.327 e. The lowest BCUT2D eigenvalue weighted by molar-refractivity contribution is 0.285. The van der Waals surface area contributed by atoms with Gasteiger partial charge in [0.25, 0.3) is 0 Å². The number of hydrogen-bond acceptors (Lipinski definition) is 3. The van der Waals surface area contributed by atoms with E-state index in [9.17, 15) is 13.0 Å². The van der Waals surface area contributed by atoms with Gasteiger partial charge in [-0.05, 0) is 25.7 Å². The molecule has 0 aromatic carbocycles. The van der Waals surface area contributed by atoms with Crippen LogP contribution in [0.1, 0.15) is 38.5 Å². The first-order valence-corrected chi connectivity index (χ1v) is 10.9. The summed E-state index contributed by atoms with van der Waals surface area (Å²) in [5, 5.41) is 0. The van der Waals surface area contributed by atoms with E-state index >= 15 is 0 Å². The van der Waals surface area contributed by atoms with Gasteiger partial charge >= 0.3 is 6.65 Å². The highest BCUT2D eigenvalue weighted by Crippen LogP contribution is 2.59. The minimum absolute atomic E-state index is 0.654. The fourth-order valence-electron chi connectivity index (χ4n) is 2.86. The van der Waals surface area contributed by atoms with Gasteiger partial charge < -0.3 is 0 Å². The van der Waals surface area contributed by atoms with E-state index in [0.29, 0.717) is 26.2 Å². The van der Waals surface area contributed by atoms with E-state index in [2.05, 4.69) is 0 Å². The van der Waals surface area contributed by atoms with E-state index in [1.165, 1.54) is 0 Å². The summed E-state index contributed by atoms with van der Waals surface area (Å²) in [5.74, 6) is 0. The average Bonchev–Trinajstić information content (AvgIpc) is 2.38. The van der Waals surface area contributed by atoms with Gasteiger partial charge in [0, 0.05) is 32.4 Å². The van der Waals surface area contributed by atoms with E-state index in [1.807, 2.05) is 0 Å². The van der Waals surface area contributed by atoms with E-state index in [-0.39, 0.29) is 0 Å². The van der Waals surface area contributed by atoms with Gasteiger partial charge in [0.1, 0.15) is 0 Å². The zero-order valence-corrected chi connectivity index (χ0v) is 12.8. The first kappa shape index (κ1) is 14.5. The summed E-state index contributed by atoms with van der Waals surface area (Å²) < 4.78 is 40.9. The molecule has 0 N–H and O–H groups in total. The van der Waals surface area contributed by atoms with Crippen LogP contribution in [0.5, 0.6) is 0 Å². The molecule has 0 aromatic rings. The standard InChI is InChI=1S/C11H23N2O3PS/c1-18(15,16)17(14,12-8-4-2-5-9-12)13-10-6-3-7-11-13/h2-11H2,1H3. The van der Waals surface area contributed by atoms with Crippen LogP contribution in [0.2, 0.25) is 0 Å². The molecule has 5 nitrogen and oxygen atoms in total. The zero-order chi connectivity index (χ0) is 13.2. The quantitative estimate of drug-likeness (QED) is 0.746. The smallest absolute Gasteiger partial charge is 0.271 e. The SMILES string of the molecule is CS(=O)(=O)P(=O)(N1CCCCC1)N1CCCCC1. The molecule has 0 unspecified atom stereocenters. The summed E-state index contributed by atoms with van der Waals surface area (Å²) in [5.41, 5.74) is 0. The van der Waals surface area contributed by atoms with Crippen molar-refractivity contribution in [1.82, 2.24) is 9.34 Å². The number of hydrogen-bond donors (Lipinski definition) is 0. The number of nitrogens with zero attached hydrogens (tertiary/aromatic N) is 2. The fraction of sp³-hybridized carbons (Fsp3) is 1.00. The summed E-state index contributed by atoms with van der Waals surface area (Å²) in [6.07, 6.45) is 7.17. The molecular formula is C11H23N2O3PS. The summed E-state index contributed by atoms with van der Waals surface area (Å²) in [4.78, 5) is 0. The first-order valence-electron chi connectivity index (χ1n) is 6.77. The maximum atomic E-state index is 13.2. The molecule has 0 amide bonds. The van der Waals surface area contributed by atoms with E-state index in [0.717, 1.165) is 44.8 Å². The second-order valence-corrected chi connectivity index (χ2v) is 12.2. The Morgan fingerprint density at radius 2 is 1.11 bits per heavy atom. The molecule has 0 aliphatic carbocycles. The van der Waals surface area contributed by atoms with Crippen LogP contribution >= 0.6 is 6.65 Å². The van der Waals surface area contributed by atoms with Crippen molar-refractivity contribution in [3.05, 3.63) is 0 Å². The first-order chi connectivity index (χ1) is 8.46. The molecule has 2 rings (SSSR count). The van der Waals surface area contributed by atoms with Crippen LogP contribution in [0.3, 0.4) is 0 Å². The molecule has 18 heavy (non-hydrogen) atoms. The lowest BCUT2D eigenvalue weighted by Crippen LogP contribution is -2.40. The Labute approximate surface area is 110 Å². The minimum atomic E-state index is -3.56.